The number of carbonyl (C=O) groups is 1. The molecule has 82 valence electrons. The van der Waals surface area contributed by atoms with Crippen LogP contribution in [0.4, 0.5) is 4.39 Å². The van der Waals surface area contributed by atoms with E-state index < -0.39 is 5.97 Å². The van der Waals surface area contributed by atoms with Gasteiger partial charge in [-0.1, -0.05) is 0 Å². The number of carboxylic acid groups (broad SMARTS) is 1. The Kier molecular flexibility index (Phi) is 3.48. The minimum atomic E-state index is -0.802. The van der Waals surface area contributed by atoms with Gasteiger partial charge in [0.25, 0.3) is 0 Å². The van der Waals surface area contributed by atoms with Gasteiger partial charge in [0.15, 0.2) is 0 Å². The van der Waals surface area contributed by atoms with Gasteiger partial charge in [-0.25, -0.2) is 0 Å². The SMILES string of the molecule is CN1CC[C@H](CF)[C@@]1(C)CCC(=O)O. The molecule has 0 bridgehead atoms. The van der Waals surface area contributed by atoms with Crippen LogP contribution in [0.2, 0.25) is 0 Å². The van der Waals surface area contributed by atoms with Gasteiger partial charge < -0.3 is 10.0 Å². The van der Waals surface area contributed by atoms with Crippen LogP contribution in [0.5, 0.6) is 0 Å². The molecular formula is C10H18FNO2. The van der Waals surface area contributed by atoms with E-state index >= 15 is 0 Å². The second kappa shape index (κ2) is 4.26. The topological polar surface area (TPSA) is 40.5 Å². The number of halogens is 1. The Bertz CT molecular complexity index is 222. The Labute approximate surface area is 83.9 Å². The number of carboxylic acids is 1. The second-order valence-corrected chi connectivity index (χ2v) is 4.31. The van der Waals surface area contributed by atoms with Gasteiger partial charge in [-0.05, 0) is 33.4 Å². The van der Waals surface area contributed by atoms with Crippen LogP contribution in [0.15, 0.2) is 0 Å². The highest BCUT2D eigenvalue weighted by molar-refractivity contribution is 5.66. The monoisotopic (exact) mass is 203 g/mol. The molecule has 0 amide bonds. The summed E-state index contributed by atoms with van der Waals surface area (Å²) in [7, 11) is 1.94. The lowest BCUT2D eigenvalue weighted by molar-refractivity contribution is -0.137. The predicted octanol–water partition coefficient (Wildman–Crippen LogP) is 1.53. The molecular weight excluding hydrogens is 185 g/mol. The average molecular weight is 203 g/mol. The van der Waals surface area contributed by atoms with Crippen LogP contribution >= 0.6 is 0 Å². The number of rotatable bonds is 4. The summed E-state index contributed by atoms with van der Waals surface area (Å²) in [5.74, 6) is -0.809. The molecule has 1 N–H and O–H groups in total. The molecule has 0 saturated carbocycles. The smallest absolute Gasteiger partial charge is 0.303 e. The molecule has 1 aliphatic rings. The van der Waals surface area contributed by atoms with Crippen molar-refractivity contribution < 1.29 is 14.3 Å². The highest BCUT2D eigenvalue weighted by atomic mass is 19.1. The molecule has 0 aliphatic carbocycles. The molecule has 1 fully saturated rings. The van der Waals surface area contributed by atoms with E-state index in [0.29, 0.717) is 6.42 Å². The summed E-state index contributed by atoms with van der Waals surface area (Å²) >= 11 is 0. The van der Waals surface area contributed by atoms with Gasteiger partial charge in [0.05, 0.1) is 6.67 Å². The number of nitrogens with zero attached hydrogens (tertiary/aromatic N) is 1. The molecule has 2 atom stereocenters. The van der Waals surface area contributed by atoms with E-state index in [2.05, 4.69) is 4.90 Å². The molecule has 0 aromatic carbocycles. The highest BCUT2D eigenvalue weighted by Crippen LogP contribution is 2.37. The van der Waals surface area contributed by atoms with Crippen LogP contribution in [-0.2, 0) is 4.79 Å². The fourth-order valence-electron chi connectivity index (χ4n) is 2.23. The minimum Gasteiger partial charge on any atom is -0.481 e. The third-order valence-corrected chi connectivity index (χ3v) is 3.60. The quantitative estimate of drug-likeness (QED) is 0.753. The average Bonchev–Trinajstić information content (AvgIpc) is 2.41. The summed E-state index contributed by atoms with van der Waals surface area (Å²) < 4.78 is 12.7. The number of hydrogen-bond donors (Lipinski definition) is 1. The molecule has 14 heavy (non-hydrogen) atoms. The lowest BCUT2D eigenvalue weighted by atomic mass is 9.83. The molecule has 3 nitrogen and oxygen atoms in total. The fraction of sp³-hybridized carbons (Fsp3) is 0.900. The molecule has 0 aromatic heterocycles. The molecule has 4 heteroatoms. The summed E-state index contributed by atoms with van der Waals surface area (Å²) in [6.07, 6.45) is 1.49. The summed E-state index contributed by atoms with van der Waals surface area (Å²) in [5, 5.41) is 8.62. The Morgan fingerprint density at radius 2 is 2.36 bits per heavy atom. The minimum absolute atomic E-state index is 0.00755. The van der Waals surface area contributed by atoms with Crippen molar-refractivity contribution in [1.29, 1.82) is 0 Å². The number of aliphatic carboxylic acids is 1. The van der Waals surface area contributed by atoms with Gasteiger partial charge in [-0.15, -0.1) is 0 Å². The van der Waals surface area contributed by atoms with Gasteiger partial charge in [0.2, 0.25) is 0 Å². The first-order chi connectivity index (χ1) is 6.50. The Hall–Kier alpha value is -0.640. The maximum absolute atomic E-state index is 12.7. The third-order valence-electron chi connectivity index (χ3n) is 3.60. The van der Waals surface area contributed by atoms with Gasteiger partial charge >= 0.3 is 5.97 Å². The first-order valence-corrected chi connectivity index (χ1v) is 4.99. The maximum Gasteiger partial charge on any atom is 0.303 e. The van der Waals surface area contributed by atoms with Crippen LogP contribution < -0.4 is 0 Å². The van der Waals surface area contributed by atoms with Gasteiger partial charge in [-0.2, -0.15) is 0 Å². The van der Waals surface area contributed by atoms with E-state index in [4.69, 9.17) is 5.11 Å². The standard InChI is InChI=1S/C10H18FNO2/c1-10(5-3-9(13)14)8(7-11)4-6-12(10)2/h8H,3-7H2,1-2H3,(H,13,14)/t8-,10-/m1/s1. The normalized spacial score (nSPS) is 33.5. The predicted molar refractivity (Wildman–Crippen MR) is 52.0 cm³/mol. The highest BCUT2D eigenvalue weighted by Gasteiger charge is 2.42. The van der Waals surface area contributed by atoms with Crippen molar-refractivity contribution in [3.8, 4) is 0 Å². The van der Waals surface area contributed by atoms with Crippen molar-refractivity contribution >= 4 is 5.97 Å². The third kappa shape index (κ3) is 2.05. The summed E-state index contributed by atoms with van der Waals surface area (Å²) in [6.45, 7) is 2.48. The van der Waals surface area contributed by atoms with Crippen LogP contribution in [0.1, 0.15) is 26.2 Å². The van der Waals surface area contributed by atoms with Crippen LogP contribution in [0.3, 0.4) is 0 Å². The van der Waals surface area contributed by atoms with Crippen molar-refractivity contribution in [3.05, 3.63) is 0 Å². The van der Waals surface area contributed by atoms with Gasteiger partial charge in [0, 0.05) is 17.9 Å². The molecule has 0 radical (unpaired) electrons. The first-order valence-electron chi connectivity index (χ1n) is 4.99. The molecule has 1 heterocycles. The van der Waals surface area contributed by atoms with Crippen LogP contribution in [0, 0.1) is 5.92 Å². The molecule has 0 aromatic rings. The number of alkyl halides is 1. The second-order valence-electron chi connectivity index (χ2n) is 4.31. The van der Waals surface area contributed by atoms with Crippen molar-refractivity contribution in [1.82, 2.24) is 4.90 Å². The van der Waals surface area contributed by atoms with E-state index in [1.54, 1.807) is 0 Å². The van der Waals surface area contributed by atoms with E-state index in [1.165, 1.54) is 0 Å². The van der Waals surface area contributed by atoms with E-state index in [1.807, 2.05) is 14.0 Å². The zero-order valence-electron chi connectivity index (χ0n) is 8.79. The summed E-state index contributed by atoms with van der Waals surface area (Å²) in [6, 6.07) is 0. The van der Waals surface area contributed by atoms with E-state index in [0.717, 1.165) is 13.0 Å². The van der Waals surface area contributed by atoms with Crippen LogP contribution in [0.25, 0.3) is 0 Å². The van der Waals surface area contributed by atoms with Crippen molar-refractivity contribution in [2.24, 2.45) is 5.92 Å². The zero-order valence-corrected chi connectivity index (χ0v) is 8.79. The van der Waals surface area contributed by atoms with E-state index in [-0.39, 0.29) is 24.6 Å². The Morgan fingerprint density at radius 3 is 2.86 bits per heavy atom. The van der Waals surface area contributed by atoms with Crippen molar-refractivity contribution in [2.75, 3.05) is 20.3 Å². The number of likely N-dealkylation sites (tertiary alicyclic amines) is 1. The lowest BCUT2D eigenvalue weighted by Gasteiger charge is -2.36. The van der Waals surface area contributed by atoms with Crippen LogP contribution in [-0.4, -0.2) is 41.8 Å². The van der Waals surface area contributed by atoms with Gasteiger partial charge in [0.1, 0.15) is 0 Å². The molecule has 1 aliphatic heterocycles. The molecule has 0 unspecified atom stereocenters. The maximum atomic E-state index is 12.7. The fourth-order valence-corrected chi connectivity index (χ4v) is 2.23. The Balaban J connectivity index is 2.62. The summed E-state index contributed by atoms with van der Waals surface area (Å²) in [4.78, 5) is 12.6. The molecule has 0 spiro atoms. The largest absolute Gasteiger partial charge is 0.481 e. The first kappa shape index (κ1) is 11.4. The van der Waals surface area contributed by atoms with Crippen molar-refractivity contribution in [2.45, 2.75) is 31.7 Å². The molecule has 1 saturated heterocycles. The zero-order chi connectivity index (χ0) is 10.8. The van der Waals surface area contributed by atoms with Gasteiger partial charge in [-0.3, -0.25) is 9.18 Å². The Morgan fingerprint density at radius 1 is 1.71 bits per heavy atom. The van der Waals surface area contributed by atoms with E-state index in [9.17, 15) is 9.18 Å². The number of hydrogen-bond acceptors (Lipinski definition) is 2. The van der Waals surface area contributed by atoms with Crippen molar-refractivity contribution in [3.63, 3.8) is 0 Å². The molecule has 1 rings (SSSR count). The summed E-state index contributed by atoms with van der Waals surface area (Å²) in [5.41, 5.74) is -0.271. The lowest BCUT2D eigenvalue weighted by Crippen LogP contribution is -2.44.